The van der Waals surface area contributed by atoms with Crippen molar-refractivity contribution in [2.24, 2.45) is 0 Å². The number of hydrogen-bond donors (Lipinski definition) is 1. The highest BCUT2D eigenvalue weighted by Crippen LogP contribution is 2.23. The van der Waals surface area contributed by atoms with E-state index >= 15 is 0 Å². The molecule has 96 valence electrons. The lowest BCUT2D eigenvalue weighted by Crippen LogP contribution is -2.37. The minimum Gasteiger partial charge on any atom is -0.379 e. The monoisotopic (exact) mass is 308 g/mol. The molecule has 1 aromatic heterocycles. The molecule has 4 heteroatoms. The SMILES string of the molecule is Brc1ccc2[nH]cc(CCN3CCOCC3)c2c1. The summed E-state index contributed by atoms with van der Waals surface area (Å²) in [4.78, 5) is 5.81. The van der Waals surface area contributed by atoms with Crippen LogP contribution < -0.4 is 0 Å². The van der Waals surface area contributed by atoms with Gasteiger partial charge in [0.2, 0.25) is 0 Å². The Bertz CT molecular complexity index is 532. The van der Waals surface area contributed by atoms with Gasteiger partial charge in [0.1, 0.15) is 0 Å². The van der Waals surface area contributed by atoms with E-state index in [2.05, 4.69) is 50.2 Å². The van der Waals surface area contributed by atoms with E-state index in [9.17, 15) is 0 Å². The van der Waals surface area contributed by atoms with E-state index in [-0.39, 0.29) is 0 Å². The molecule has 0 amide bonds. The maximum absolute atomic E-state index is 5.37. The van der Waals surface area contributed by atoms with Crippen LogP contribution in [-0.4, -0.2) is 42.7 Å². The lowest BCUT2D eigenvalue weighted by Gasteiger charge is -2.26. The number of rotatable bonds is 3. The van der Waals surface area contributed by atoms with Crippen LogP contribution in [0.5, 0.6) is 0 Å². The van der Waals surface area contributed by atoms with Gasteiger partial charge in [-0.05, 0) is 30.2 Å². The summed E-state index contributed by atoms with van der Waals surface area (Å²) in [5, 5.41) is 1.33. The molecule has 0 atom stereocenters. The number of nitrogens with one attached hydrogen (secondary N) is 1. The Balaban J connectivity index is 1.72. The van der Waals surface area contributed by atoms with Crippen molar-refractivity contribution in [1.82, 2.24) is 9.88 Å². The first-order chi connectivity index (χ1) is 8.83. The van der Waals surface area contributed by atoms with Crippen LogP contribution in [0.2, 0.25) is 0 Å². The van der Waals surface area contributed by atoms with Crippen LogP contribution >= 0.6 is 15.9 Å². The van der Waals surface area contributed by atoms with Gasteiger partial charge >= 0.3 is 0 Å². The Morgan fingerprint density at radius 3 is 2.94 bits per heavy atom. The molecule has 1 aromatic carbocycles. The second-order valence-electron chi connectivity index (χ2n) is 4.71. The van der Waals surface area contributed by atoms with Crippen molar-refractivity contribution < 1.29 is 4.74 Å². The molecule has 2 aromatic rings. The fourth-order valence-corrected chi connectivity index (χ4v) is 2.82. The predicted octanol–water partition coefficient (Wildman–Crippen LogP) is 2.81. The second-order valence-corrected chi connectivity index (χ2v) is 5.62. The zero-order valence-corrected chi connectivity index (χ0v) is 11.9. The Hall–Kier alpha value is -0.840. The number of H-pyrrole nitrogens is 1. The van der Waals surface area contributed by atoms with Crippen LogP contribution in [0.1, 0.15) is 5.56 Å². The highest BCUT2D eigenvalue weighted by atomic mass is 79.9. The molecule has 0 spiro atoms. The first-order valence-electron chi connectivity index (χ1n) is 6.38. The molecule has 1 N–H and O–H groups in total. The van der Waals surface area contributed by atoms with Crippen molar-refractivity contribution in [3.05, 3.63) is 34.4 Å². The molecule has 3 nitrogen and oxygen atoms in total. The standard InChI is InChI=1S/C14H17BrN2O/c15-12-1-2-14-13(9-12)11(10-16-14)3-4-17-5-7-18-8-6-17/h1-2,9-10,16H,3-8H2. The second kappa shape index (κ2) is 5.43. The Kier molecular flexibility index (Phi) is 3.68. The summed E-state index contributed by atoms with van der Waals surface area (Å²) >= 11 is 3.54. The summed E-state index contributed by atoms with van der Waals surface area (Å²) in [6, 6.07) is 6.39. The lowest BCUT2D eigenvalue weighted by molar-refractivity contribution is 0.0385. The molecule has 1 aliphatic rings. The van der Waals surface area contributed by atoms with Gasteiger partial charge in [-0.1, -0.05) is 15.9 Å². The highest BCUT2D eigenvalue weighted by Gasteiger charge is 2.11. The first kappa shape index (κ1) is 12.2. The third-order valence-corrected chi connectivity index (χ3v) is 4.02. The molecule has 0 bridgehead atoms. The van der Waals surface area contributed by atoms with E-state index in [1.165, 1.54) is 16.5 Å². The van der Waals surface area contributed by atoms with Gasteiger partial charge in [0, 0.05) is 41.2 Å². The molecule has 3 rings (SSSR count). The van der Waals surface area contributed by atoms with E-state index in [4.69, 9.17) is 4.74 Å². The van der Waals surface area contributed by atoms with Gasteiger partial charge in [0.25, 0.3) is 0 Å². The molecule has 0 saturated carbocycles. The van der Waals surface area contributed by atoms with Gasteiger partial charge < -0.3 is 9.72 Å². The Morgan fingerprint density at radius 2 is 2.11 bits per heavy atom. The third-order valence-electron chi connectivity index (χ3n) is 3.53. The first-order valence-corrected chi connectivity index (χ1v) is 7.18. The van der Waals surface area contributed by atoms with Gasteiger partial charge in [0.15, 0.2) is 0 Å². The third kappa shape index (κ3) is 2.60. The number of nitrogens with zero attached hydrogens (tertiary/aromatic N) is 1. The van der Waals surface area contributed by atoms with Crippen LogP contribution in [-0.2, 0) is 11.2 Å². The van der Waals surface area contributed by atoms with E-state index < -0.39 is 0 Å². The smallest absolute Gasteiger partial charge is 0.0594 e. The van der Waals surface area contributed by atoms with Gasteiger partial charge in [0.05, 0.1) is 13.2 Å². The number of aromatic amines is 1. The molecule has 0 unspecified atom stereocenters. The molecule has 1 aliphatic heterocycles. The van der Waals surface area contributed by atoms with Crippen molar-refractivity contribution in [3.63, 3.8) is 0 Å². The number of hydrogen-bond acceptors (Lipinski definition) is 2. The van der Waals surface area contributed by atoms with E-state index in [0.717, 1.165) is 43.7 Å². The number of aromatic nitrogens is 1. The van der Waals surface area contributed by atoms with E-state index in [0.29, 0.717) is 0 Å². The summed E-state index contributed by atoms with van der Waals surface area (Å²) in [6.07, 6.45) is 3.23. The van der Waals surface area contributed by atoms with Crippen LogP contribution in [0.4, 0.5) is 0 Å². The van der Waals surface area contributed by atoms with Crippen molar-refractivity contribution in [2.75, 3.05) is 32.8 Å². The fraction of sp³-hybridized carbons (Fsp3) is 0.429. The Morgan fingerprint density at radius 1 is 1.28 bits per heavy atom. The molecule has 1 fully saturated rings. The summed E-state index contributed by atoms with van der Waals surface area (Å²) in [7, 11) is 0. The number of morpholine rings is 1. The van der Waals surface area contributed by atoms with Crippen molar-refractivity contribution >= 4 is 26.8 Å². The van der Waals surface area contributed by atoms with Crippen molar-refractivity contribution in [2.45, 2.75) is 6.42 Å². The minimum absolute atomic E-state index is 0.874. The largest absolute Gasteiger partial charge is 0.379 e. The summed E-state index contributed by atoms with van der Waals surface area (Å²) < 4.78 is 6.51. The van der Waals surface area contributed by atoms with Crippen LogP contribution in [0.25, 0.3) is 10.9 Å². The molecule has 2 heterocycles. The highest BCUT2D eigenvalue weighted by molar-refractivity contribution is 9.10. The summed E-state index contributed by atoms with van der Waals surface area (Å²) in [5.41, 5.74) is 2.62. The quantitative estimate of drug-likeness (QED) is 0.944. The van der Waals surface area contributed by atoms with Gasteiger partial charge in [-0.25, -0.2) is 0 Å². The van der Waals surface area contributed by atoms with Crippen LogP contribution in [0.15, 0.2) is 28.9 Å². The molecular formula is C14H17BrN2O. The average Bonchev–Trinajstić information content (AvgIpc) is 2.80. The molecule has 0 radical (unpaired) electrons. The molecular weight excluding hydrogens is 292 g/mol. The normalized spacial score (nSPS) is 17.4. The van der Waals surface area contributed by atoms with E-state index in [1.54, 1.807) is 0 Å². The van der Waals surface area contributed by atoms with Gasteiger partial charge in [-0.15, -0.1) is 0 Å². The lowest BCUT2D eigenvalue weighted by atomic mass is 10.1. The summed E-state index contributed by atoms with van der Waals surface area (Å²) in [5.74, 6) is 0. The number of benzene rings is 1. The molecule has 0 aliphatic carbocycles. The Labute approximate surface area is 115 Å². The number of ether oxygens (including phenoxy) is 1. The van der Waals surface area contributed by atoms with Crippen molar-refractivity contribution in [3.8, 4) is 0 Å². The van der Waals surface area contributed by atoms with Gasteiger partial charge in [-0.3, -0.25) is 4.90 Å². The zero-order valence-electron chi connectivity index (χ0n) is 10.3. The fourth-order valence-electron chi connectivity index (χ4n) is 2.46. The van der Waals surface area contributed by atoms with Crippen LogP contribution in [0.3, 0.4) is 0 Å². The number of halogens is 1. The maximum atomic E-state index is 5.37. The number of fused-ring (bicyclic) bond motifs is 1. The predicted molar refractivity (Wildman–Crippen MR) is 77.0 cm³/mol. The van der Waals surface area contributed by atoms with Gasteiger partial charge in [-0.2, -0.15) is 0 Å². The molecule has 18 heavy (non-hydrogen) atoms. The molecule has 1 saturated heterocycles. The average molecular weight is 309 g/mol. The maximum Gasteiger partial charge on any atom is 0.0594 e. The van der Waals surface area contributed by atoms with Crippen molar-refractivity contribution in [1.29, 1.82) is 0 Å². The topological polar surface area (TPSA) is 28.3 Å². The minimum atomic E-state index is 0.874. The van der Waals surface area contributed by atoms with Crippen LogP contribution in [0, 0.1) is 0 Å². The van der Waals surface area contributed by atoms with E-state index in [1.807, 2.05) is 0 Å². The zero-order chi connectivity index (χ0) is 12.4. The summed E-state index contributed by atoms with van der Waals surface area (Å²) in [6.45, 7) is 4.99.